The highest BCUT2D eigenvalue weighted by Crippen LogP contribution is 2.27. The summed E-state index contributed by atoms with van der Waals surface area (Å²) in [6, 6.07) is -0.387. The molecule has 0 amide bonds. The average Bonchev–Trinajstić information content (AvgIpc) is 2.95. The lowest BCUT2D eigenvalue weighted by molar-refractivity contribution is -0.384. The minimum atomic E-state index is -1.11. The first-order chi connectivity index (χ1) is 9.38. The van der Waals surface area contributed by atoms with E-state index < -0.39 is 10.9 Å². The van der Waals surface area contributed by atoms with Gasteiger partial charge in [0.15, 0.2) is 5.69 Å². The molecule has 0 radical (unpaired) electrons. The SMILES string of the molecule is CC(Nc1nn(C)cc1[N+](=O)[O-])c1nc(C(=O)O)cs1. The van der Waals surface area contributed by atoms with Crippen LogP contribution in [0.15, 0.2) is 11.6 Å². The van der Waals surface area contributed by atoms with Crippen molar-refractivity contribution >= 4 is 28.8 Å². The minimum Gasteiger partial charge on any atom is -0.476 e. The van der Waals surface area contributed by atoms with Crippen molar-refractivity contribution < 1.29 is 14.8 Å². The number of hydrogen-bond donors (Lipinski definition) is 2. The maximum Gasteiger partial charge on any atom is 0.355 e. The van der Waals surface area contributed by atoms with Crippen LogP contribution in [0, 0.1) is 10.1 Å². The standard InChI is InChI=1S/C10H11N5O4S/c1-5(9-12-6(4-20-9)10(16)17)11-8-7(15(18)19)3-14(2)13-8/h3-5H,1-2H3,(H,11,13)(H,16,17). The predicted molar refractivity (Wildman–Crippen MR) is 71.0 cm³/mol. The van der Waals surface area contributed by atoms with E-state index in [2.05, 4.69) is 15.4 Å². The molecule has 106 valence electrons. The largest absolute Gasteiger partial charge is 0.476 e. The van der Waals surface area contributed by atoms with Crippen LogP contribution in [-0.4, -0.2) is 30.8 Å². The molecule has 10 heteroatoms. The van der Waals surface area contributed by atoms with Crippen LogP contribution in [0.3, 0.4) is 0 Å². The van der Waals surface area contributed by atoms with E-state index in [1.165, 1.54) is 27.6 Å². The van der Waals surface area contributed by atoms with Gasteiger partial charge in [-0.15, -0.1) is 16.4 Å². The molecule has 0 bridgehead atoms. The molecule has 2 N–H and O–H groups in total. The van der Waals surface area contributed by atoms with Crippen molar-refractivity contribution in [3.8, 4) is 0 Å². The van der Waals surface area contributed by atoms with E-state index in [1.807, 2.05) is 0 Å². The molecule has 0 spiro atoms. The second-order valence-corrected chi connectivity index (χ2v) is 4.93. The zero-order valence-corrected chi connectivity index (χ0v) is 11.4. The molecule has 0 saturated carbocycles. The molecule has 1 unspecified atom stereocenters. The van der Waals surface area contributed by atoms with Crippen LogP contribution < -0.4 is 5.32 Å². The van der Waals surface area contributed by atoms with Crippen molar-refractivity contribution in [1.29, 1.82) is 0 Å². The third-order valence-corrected chi connectivity index (χ3v) is 3.50. The molecule has 2 rings (SSSR count). The Hall–Kier alpha value is -2.49. The third-order valence-electron chi connectivity index (χ3n) is 2.47. The van der Waals surface area contributed by atoms with Crippen molar-refractivity contribution in [3.63, 3.8) is 0 Å². The fourth-order valence-electron chi connectivity index (χ4n) is 1.56. The molecule has 2 aromatic rings. The molecule has 0 saturated heterocycles. The average molecular weight is 297 g/mol. The summed E-state index contributed by atoms with van der Waals surface area (Å²) >= 11 is 1.17. The summed E-state index contributed by atoms with van der Waals surface area (Å²) in [6.07, 6.45) is 1.29. The van der Waals surface area contributed by atoms with Crippen LogP contribution >= 0.6 is 11.3 Å². The normalized spacial score (nSPS) is 12.1. The van der Waals surface area contributed by atoms with E-state index in [-0.39, 0.29) is 23.2 Å². The van der Waals surface area contributed by atoms with Gasteiger partial charge in [0, 0.05) is 12.4 Å². The van der Waals surface area contributed by atoms with Crippen LogP contribution in [-0.2, 0) is 7.05 Å². The van der Waals surface area contributed by atoms with Crippen molar-refractivity contribution in [2.75, 3.05) is 5.32 Å². The Balaban J connectivity index is 2.20. The van der Waals surface area contributed by atoms with E-state index in [0.29, 0.717) is 5.01 Å². The third kappa shape index (κ3) is 2.74. The number of hydrogen-bond acceptors (Lipinski definition) is 7. The molecule has 1 atom stereocenters. The molecule has 0 aliphatic heterocycles. The second-order valence-electron chi connectivity index (χ2n) is 4.04. The summed E-state index contributed by atoms with van der Waals surface area (Å²) in [6.45, 7) is 1.73. The molecule has 0 aliphatic rings. The highest BCUT2D eigenvalue weighted by Gasteiger charge is 2.22. The summed E-state index contributed by atoms with van der Waals surface area (Å²) in [4.78, 5) is 25.0. The van der Waals surface area contributed by atoms with Crippen LogP contribution in [0.2, 0.25) is 0 Å². The van der Waals surface area contributed by atoms with Gasteiger partial charge in [-0.2, -0.15) is 0 Å². The van der Waals surface area contributed by atoms with E-state index in [9.17, 15) is 14.9 Å². The number of carbonyl (C=O) groups is 1. The van der Waals surface area contributed by atoms with Gasteiger partial charge in [-0.1, -0.05) is 0 Å². The lowest BCUT2D eigenvalue weighted by Gasteiger charge is -2.09. The van der Waals surface area contributed by atoms with Crippen molar-refractivity contribution in [3.05, 3.63) is 32.4 Å². The number of anilines is 1. The molecule has 2 aromatic heterocycles. The minimum absolute atomic E-state index is 0.0471. The van der Waals surface area contributed by atoms with Gasteiger partial charge in [0.05, 0.1) is 11.0 Å². The number of aromatic nitrogens is 3. The summed E-state index contributed by atoms with van der Waals surface area (Å²) < 4.78 is 1.33. The smallest absolute Gasteiger partial charge is 0.355 e. The van der Waals surface area contributed by atoms with Crippen LogP contribution in [0.5, 0.6) is 0 Å². The maximum atomic E-state index is 10.9. The highest BCUT2D eigenvalue weighted by molar-refractivity contribution is 7.09. The fourth-order valence-corrected chi connectivity index (χ4v) is 2.36. The van der Waals surface area contributed by atoms with Crippen molar-refractivity contribution in [2.45, 2.75) is 13.0 Å². The highest BCUT2D eigenvalue weighted by atomic mass is 32.1. The van der Waals surface area contributed by atoms with Gasteiger partial charge in [-0.05, 0) is 6.92 Å². The Morgan fingerprint density at radius 1 is 1.65 bits per heavy atom. The number of carboxylic acid groups (broad SMARTS) is 1. The zero-order valence-electron chi connectivity index (χ0n) is 10.6. The van der Waals surface area contributed by atoms with Crippen LogP contribution in [0.25, 0.3) is 0 Å². The Labute approximate surface area is 117 Å². The maximum absolute atomic E-state index is 10.9. The summed E-state index contributed by atoms with van der Waals surface area (Å²) in [5.41, 5.74) is -0.191. The molecular formula is C10H11N5O4S. The topological polar surface area (TPSA) is 123 Å². The number of nitrogens with one attached hydrogen (secondary N) is 1. The van der Waals surface area contributed by atoms with Gasteiger partial charge in [-0.3, -0.25) is 14.8 Å². The molecule has 9 nitrogen and oxygen atoms in total. The summed E-state index contributed by atoms with van der Waals surface area (Å²) in [7, 11) is 1.58. The van der Waals surface area contributed by atoms with E-state index >= 15 is 0 Å². The zero-order chi connectivity index (χ0) is 14.9. The molecule has 0 aromatic carbocycles. The molecular weight excluding hydrogens is 286 g/mol. The fraction of sp³-hybridized carbons (Fsp3) is 0.300. The Bertz CT molecular complexity index is 664. The number of aromatic carboxylic acids is 1. The van der Waals surface area contributed by atoms with E-state index in [1.54, 1.807) is 14.0 Å². The monoisotopic (exact) mass is 297 g/mol. The van der Waals surface area contributed by atoms with Gasteiger partial charge < -0.3 is 10.4 Å². The van der Waals surface area contributed by atoms with Crippen molar-refractivity contribution in [2.24, 2.45) is 7.05 Å². The van der Waals surface area contributed by atoms with Crippen LogP contribution in [0.4, 0.5) is 11.5 Å². The second kappa shape index (κ2) is 5.25. The van der Waals surface area contributed by atoms with Gasteiger partial charge in [0.1, 0.15) is 11.2 Å². The van der Waals surface area contributed by atoms with Gasteiger partial charge in [0.2, 0.25) is 5.82 Å². The van der Waals surface area contributed by atoms with Gasteiger partial charge in [0.25, 0.3) is 0 Å². The lowest BCUT2D eigenvalue weighted by Crippen LogP contribution is -2.09. The summed E-state index contributed by atoms with van der Waals surface area (Å²) in [5, 5.41) is 28.4. The number of thiazole rings is 1. The first-order valence-corrected chi connectivity index (χ1v) is 6.39. The molecule has 2 heterocycles. The first kappa shape index (κ1) is 13.9. The molecule has 0 aliphatic carbocycles. The number of rotatable bonds is 5. The van der Waals surface area contributed by atoms with Gasteiger partial charge >= 0.3 is 11.7 Å². The number of nitro groups is 1. The number of nitrogens with zero attached hydrogens (tertiary/aromatic N) is 4. The Morgan fingerprint density at radius 3 is 2.90 bits per heavy atom. The first-order valence-electron chi connectivity index (χ1n) is 5.51. The van der Waals surface area contributed by atoms with Crippen molar-refractivity contribution in [1.82, 2.24) is 14.8 Å². The molecule has 20 heavy (non-hydrogen) atoms. The Morgan fingerprint density at radius 2 is 2.35 bits per heavy atom. The van der Waals surface area contributed by atoms with E-state index in [0.717, 1.165) is 0 Å². The van der Waals surface area contributed by atoms with Crippen LogP contribution in [0.1, 0.15) is 28.5 Å². The Kier molecular flexibility index (Phi) is 3.66. The predicted octanol–water partition coefficient (Wildman–Crippen LogP) is 1.66. The number of carboxylic acids is 1. The molecule has 0 fully saturated rings. The van der Waals surface area contributed by atoms with E-state index in [4.69, 9.17) is 5.11 Å². The van der Waals surface area contributed by atoms with Gasteiger partial charge in [-0.25, -0.2) is 9.78 Å². The quantitative estimate of drug-likeness (QED) is 0.635. The summed E-state index contributed by atoms with van der Waals surface area (Å²) in [5.74, 6) is -0.986. The number of aryl methyl sites for hydroxylation is 1. The lowest BCUT2D eigenvalue weighted by atomic mass is 10.3.